The number of amidine groups is 1. The molecule has 0 N–H and O–H groups in total. The summed E-state index contributed by atoms with van der Waals surface area (Å²) in [4.78, 5) is 18.8. The molecule has 8 heteroatoms. The lowest BCUT2D eigenvalue weighted by atomic mass is 10.1. The Hall–Kier alpha value is -2.32. The topological polar surface area (TPSA) is 76.0 Å². The van der Waals surface area contributed by atoms with Crippen LogP contribution in [0.5, 0.6) is 5.75 Å². The number of methoxy groups -OCH3 is 1. The molecule has 2 aromatic carbocycles. The molecule has 146 valence electrons. The third-order valence-electron chi connectivity index (χ3n) is 4.84. The number of thioether (sulfide) groups is 1. The van der Waals surface area contributed by atoms with Crippen LogP contribution in [-0.2, 0) is 21.1 Å². The largest absolute Gasteiger partial charge is 0.497 e. The number of aliphatic imine (C=N–C) groups is 1. The van der Waals surface area contributed by atoms with Crippen molar-refractivity contribution in [1.82, 2.24) is 0 Å². The van der Waals surface area contributed by atoms with Crippen LogP contribution in [0.1, 0.15) is 5.56 Å². The van der Waals surface area contributed by atoms with Gasteiger partial charge in [0.15, 0.2) is 15.0 Å². The number of hydrogen-bond donors (Lipinski definition) is 0. The zero-order valence-electron chi connectivity index (χ0n) is 15.3. The van der Waals surface area contributed by atoms with Crippen molar-refractivity contribution in [2.75, 3.05) is 23.5 Å². The number of sulfone groups is 1. The fraction of sp³-hybridized carbons (Fsp3) is 0.300. The van der Waals surface area contributed by atoms with Gasteiger partial charge in [-0.3, -0.25) is 4.79 Å². The summed E-state index contributed by atoms with van der Waals surface area (Å²) < 4.78 is 29.3. The van der Waals surface area contributed by atoms with Crippen LogP contribution in [0.2, 0.25) is 0 Å². The van der Waals surface area contributed by atoms with Crippen molar-refractivity contribution in [3.8, 4) is 5.75 Å². The summed E-state index contributed by atoms with van der Waals surface area (Å²) in [6.07, 6.45) is 0.185. The number of benzene rings is 2. The van der Waals surface area contributed by atoms with E-state index in [4.69, 9.17) is 4.74 Å². The molecule has 6 nitrogen and oxygen atoms in total. The van der Waals surface area contributed by atoms with Crippen LogP contribution < -0.4 is 9.64 Å². The van der Waals surface area contributed by atoms with Crippen molar-refractivity contribution in [2.24, 2.45) is 4.99 Å². The number of carbonyl (C=O) groups is 1. The summed E-state index contributed by atoms with van der Waals surface area (Å²) in [6.45, 7) is 0. The quantitative estimate of drug-likeness (QED) is 0.762. The maximum Gasteiger partial charge on any atom is 0.252 e. The van der Waals surface area contributed by atoms with E-state index in [2.05, 4.69) is 4.99 Å². The highest BCUT2D eigenvalue weighted by Crippen LogP contribution is 2.40. The van der Waals surface area contributed by atoms with Crippen LogP contribution in [0.25, 0.3) is 0 Å². The molecule has 2 heterocycles. The number of ether oxygens (including phenoxy) is 1. The minimum atomic E-state index is -3.07. The maximum atomic E-state index is 12.6. The second-order valence-electron chi connectivity index (χ2n) is 6.82. The van der Waals surface area contributed by atoms with Crippen LogP contribution in [0.15, 0.2) is 59.6 Å². The van der Waals surface area contributed by atoms with E-state index in [9.17, 15) is 13.2 Å². The second kappa shape index (κ2) is 7.60. The zero-order valence-corrected chi connectivity index (χ0v) is 16.9. The molecule has 0 saturated carbocycles. The fourth-order valence-corrected chi connectivity index (χ4v) is 7.45. The number of hydrogen-bond acceptors (Lipinski definition) is 5. The van der Waals surface area contributed by atoms with Crippen molar-refractivity contribution in [2.45, 2.75) is 17.7 Å². The number of para-hydroxylation sites is 1. The average Bonchev–Trinajstić information content (AvgIpc) is 3.13. The fourth-order valence-electron chi connectivity index (χ4n) is 3.52. The van der Waals surface area contributed by atoms with Gasteiger partial charge in [-0.2, -0.15) is 4.99 Å². The Kier molecular flexibility index (Phi) is 5.16. The Morgan fingerprint density at radius 1 is 1.14 bits per heavy atom. The lowest BCUT2D eigenvalue weighted by molar-refractivity contribution is -0.117. The number of anilines is 1. The van der Waals surface area contributed by atoms with Crippen LogP contribution in [0.4, 0.5) is 5.69 Å². The molecular formula is C20H20N2O4S2. The van der Waals surface area contributed by atoms with E-state index in [-0.39, 0.29) is 35.1 Å². The highest BCUT2D eigenvalue weighted by atomic mass is 32.2. The van der Waals surface area contributed by atoms with Crippen molar-refractivity contribution < 1.29 is 17.9 Å². The normalized spacial score (nSPS) is 24.3. The first kappa shape index (κ1) is 19.0. The molecular weight excluding hydrogens is 396 g/mol. The van der Waals surface area contributed by atoms with Gasteiger partial charge < -0.3 is 9.64 Å². The Balaban J connectivity index is 1.58. The molecule has 2 fully saturated rings. The molecule has 0 aliphatic carbocycles. The smallest absolute Gasteiger partial charge is 0.252 e. The highest BCUT2D eigenvalue weighted by molar-refractivity contribution is 8.16. The van der Waals surface area contributed by atoms with Gasteiger partial charge in [-0.15, -0.1) is 0 Å². The summed E-state index contributed by atoms with van der Waals surface area (Å²) in [6, 6.07) is 16.6. The molecule has 2 aromatic rings. The van der Waals surface area contributed by atoms with Crippen LogP contribution in [0, 0.1) is 0 Å². The molecule has 0 aromatic heterocycles. The number of nitrogens with zero attached hydrogens (tertiary/aromatic N) is 2. The van der Waals surface area contributed by atoms with Gasteiger partial charge in [0.1, 0.15) is 5.75 Å². The minimum absolute atomic E-state index is 0.0885. The SMILES string of the molecule is COc1ccc(CC(=O)N=C2SC3CS(=O)(=O)CC3N2c2ccccc2)cc1. The van der Waals surface area contributed by atoms with Gasteiger partial charge in [0.25, 0.3) is 5.91 Å². The van der Waals surface area contributed by atoms with Gasteiger partial charge in [0, 0.05) is 10.9 Å². The molecule has 28 heavy (non-hydrogen) atoms. The molecule has 2 saturated heterocycles. The van der Waals surface area contributed by atoms with Crippen molar-refractivity contribution in [1.29, 1.82) is 0 Å². The predicted molar refractivity (Wildman–Crippen MR) is 112 cm³/mol. The monoisotopic (exact) mass is 416 g/mol. The zero-order chi connectivity index (χ0) is 19.7. The van der Waals surface area contributed by atoms with E-state index >= 15 is 0 Å². The van der Waals surface area contributed by atoms with E-state index in [0.29, 0.717) is 5.17 Å². The van der Waals surface area contributed by atoms with Gasteiger partial charge in [0.05, 0.1) is 31.1 Å². The lowest BCUT2D eigenvalue weighted by Crippen LogP contribution is -2.37. The Labute approximate surface area is 168 Å². The van der Waals surface area contributed by atoms with Gasteiger partial charge in [-0.1, -0.05) is 42.1 Å². The van der Waals surface area contributed by atoms with Crippen molar-refractivity contribution >= 4 is 38.4 Å². The summed E-state index contributed by atoms with van der Waals surface area (Å²) in [5, 5.41) is 0.479. The van der Waals surface area contributed by atoms with Crippen molar-refractivity contribution in [3.05, 3.63) is 60.2 Å². The van der Waals surface area contributed by atoms with E-state index in [1.165, 1.54) is 11.8 Å². The maximum absolute atomic E-state index is 12.6. The van der Waals surface area contributed by atoms with Crippen LogP contribution >= 0.6 is 11.8 Å². The minimum Gasteiger partial charge on any atom is -0.497 e. The first-order valence-electron chi connectivity index (χ1n) is 8.91. The van der Waals surface area contributed by atoms with Gasteiger partial charge >= 0.3 is 0 Å². The molecule has 0 radical (unpaired) electrons. The Morgan fingerprint density at radius 3 is 2.54 bits per heavy atom. The summed E-state index contributed by atoms with van der Waals surface area (Å²) in [5.74, 6) is 0.692. The molecule has 1 amide bonds. The third-order valence-corrected chi connectivity index (χ3v) is 8.05. The lowest BCUT2D eigenvalue weighted by Gasteiger charge is -2.24. The van der Waals surface area contributed by atoms with E-state index in [0.717, 1.165) is 17.0 Å². The highest BCUT2D eigenvalue weighted by Gasteiger charge is 2.49. The third kappa shape index (κ3) is 3.93. The summed E-state index contributed by atoms with van der Waals surface area (Å²) in [5.41, 5.74) is 1.71. The first-order valence-corrected chi connectivity index (χ1v) is 11.6. The standard InChI is InChI=1S/C20H20N2O4S2/c1-26-16-9-7-14(8-10-16)11-19(23)21-20-22(15-5-3-2-4-6-15)17-12-28(24,25)13-18(17)27-20/h2-10,17-18H,11-13H2,1H3. The molecule has 4 rings (SSSR count). The molecule has 2 atom stereocenters. The molecule has 2 unspecified atom stereocenters. The number of amides is 1. The van der Waals surface area contributed by atoms with Gasteiger partial charge in [0.2, 0.25) is 0 Å². The summed E-state index contributed by atoms with van der Waals surface area (Å²) in [7, 11) is -1.47. The Morgan fingerprint density at radius 2 is 1.86 bits per heavy atom. The van der Waals surface area contributed by atoms with Crippen molar-refractivity contribution in [3.63, 3.8) is 0 Å². The number of carbonyl (C=O) groups excluding carboxylic acids is 1. The molecule has 2 aliphatic heterocycles. The molecule has 0 spiro atoms. The van der Waals surface area contributed by atoms with E-state index in [1.807, 2.05) is 59.5 Å². The van der Waals surface area contributed by atoms with Gasteiger partial charge in [-0.05, 0) is 29.8 Å². The van der Waals surface area contributed by atoms with Gasteiger partial charge in [-0.25, -0.2) is 8.42 Å². The Bertz CT molecular complexity index is 1000. The van der Waals surface area contributed by atoms with E-state index in [1.54, 1.807) is 7.11 Å². The van der Waals surface area contributed by atoms with E-state index < -0.39 is 9.84 Å². The van der Waals surface area contributed by atoms with Crippen LogP contribution in [0.3, 0.4) is 0 Å². The number of rotatable bonds is 4. The molecule has 2 aliphatic rings. The average molecular weight is 417 g/mol. The molecule has 0 bridgehead atoms. The summed E-state index contributed by atoms with van der Waals surface area (Å²) >= 11 is 1.39. The van der Waals surface area contributed by atoms with Crippen LogP contribution in [-0.4, -0.2) is 49.4 Å². The second-order valence-corrected chi connectivity index (χ2v) is 10.2. The first-order chi connectivity index (χ1) is 13.4. The number of fused-ring (bicyclic) bond motifs is 1. The predicted octanol–water partition coefficient (Wildman–Crippen LogP) is 2.54.